The molecule has 4 nitrogen and oxygen atoms in total. The first kappa shape index (κ1) is 17.6. The fourth-order valence-corrected chi connectivity index (χ4v) is 3.41. The standard InChI is InChI=1S/C15H30BNO3S/c1-13(2,3)21(18)17-12(11-9-8-10-11)16-19-14(4,5)15(6,7)20-16/h11-12,17H,8-10H2,1-7H3/t12?,21-/m0/s1. The van der Waals surface area contributed by atoms with Crippen LogP contribution in [-0.4, -0.2) is 33.6 Å². The van der Waals surface area contributed by atoms with Crippen LogP contribution in [0.2, 0.25) is 0 Å². The van der Waals surface area contributed by atoms with Crippen LogP contribution in [0.4, 0.5) is 0 Å². The summed E-state index contributed by atoms with van der Waals surface area (Å²) in [6.45, 7) is 14.2. The molecule has 2 rings (SSSR count). The fraction of sp³-hybridized carbons (Fsp3) is 1.00. The Bertz CT molecular complexity index is 364. The van der Waals surface area contributed by atoms with Crippen LogP contribution in [0.25, 0.3) is 0 Å². The molecule has 0 aromatic heterocycles. The molecule has 2 fully saturated rings. The molecule has 0 bridgehead atoms. The molecule has 1 aliphatic carbocycles. The van der Waals surface area contributed by atoms with Gasteiger partial charge in [0.25, 0.3) is 0 Å². The lowest BCUT2D eigenvalue weighted by Gasteiger charge is -2.37. The SMILES string of the molecule is CC(C)(C)[S@+]([O-])NC(B1OC(C)(C)C(C)(C)O1)C1CCC1. The van der Waals surface area contributed by atoms with Gasteiger partial charge in [0.1, 0.15) is 4.75 Å². The third kappa shape index (κ3) is 3.61. The maximum atomic E-state index is 12.5. The number of nitrogens with one attached hydrogen (secondary N) is 1. The average molecular weight is 315 g/mol. The van der Waals surface area contributed by atoms with Crippen molar-refractivity contribution < 1.29 is 13.9 Å². The van der Waals surface area contributed by atoms with Crippen LogP contribution in [0.15, 0.2) is 0 Å². The van der Waals surface area contributed by atoms with E-state index in [1.54, 1.807) is 0 Å². The molecule has 122 valence electrons. The molecular weight excluding hydrogens is 285 g/mol. The zero-order valence-corrected chi connectivity index (χ0v) is 15.3. The Kier molecular flexibility index (Phi) is 4.79. The highest BCUT2D eigenvalue weighted by Crippen LogP contribution is 2.41. The van der Waals surface area contributed by atoms with Gasteiger partial charge in [0.15, 0.2) is 0 Å². The van der Waals surface area contributed by atoms with Gasteiger partial charge < -0.3 is 13.9 Å². The minimum Gasteiger partial charge on any atom is -0.598 e. The lowest BCUT2D eigenvalue weighted by Crippen LogP contribution is -2.56. The molecule has 0 aromatic rings. The van der Waals surface area contributed by atoms with E-state index in [4.69, 9.17) is 9.31 Å². The molecule has 6 heteroatoms. The summed E-state index contributed by atoms with van der Waals surface area (Å²) >= 11 is -1.11. The van der Waals surface area contributed by atoms with Crippen molar-refractivity contribution in [1.29, 1.82) is 0 Å². The summed E-state index contributed by atoms with van der Waals surface area (Å²) in [6.07, 6.45) is 3.55. The maximum Gasteiger partial charge on any atom is 0.481 e. The van der Waals surface area contributed by atoms with E-state index in [1.165, 1.54) is 6.42 Å². The van der Waals surface area contributed by atoms with Gasteiger partial charge in [0, 0.05) is 11.4 Å². The Hall–Kier alpha value is 0.255. The lowest BCUT2D eigenvalue weighted by atomic mass is 9.64. The summed E-state index contributed by atoms with van der Waals surface area (Å²) in [5.74, 6) is 0.492. The molecule has 1 saturated carbocycles. The smallest absolute Gasteiger partial charge is 0.481 e. The first-order valence-corrected chi connectivity index (χ1v) is 9.13. The molecule has 1 heterocycles. The largest absolute Gasteiger partial charge is 0.598 e. The quantitative estimate of drug-likeness (QED) is 0.640. The van der Waals surface area contributed by atoms with Crippen LogP contribution >= 0.6 is 0 Å². The van der Waals surface area contributed by atoms with E-state index in [-0.39, 0.29) is 29.0 Å². The van der Waals surface area contributed by atoms with Crippen molar-refractivity contribution in [3.63, 3.8) is 0 Å². The van der Waals surface area contributed by atoms with Crippen molar-refractivity contribution >= 4 is 18.5 Å². The zero-order chi connectivity index (χ0) is 16.1. The molecule has 1 unspecified atom stereocenters. The van der Waals surface area contributed by atoms with E-state index in [0.717, 1.165) is 12.8 Å². The number of rotatable bonds is 4. The molecule has 1 saturated heterocycles. The fourth-order valence-electron chi connectivity index (χ4n) is 2.51. The first-order valence-electron chi connectivity index (χ1n) is 7.98. The van der Waals surface area contributed by atoms with Gasteiger partial charge in [-0.1, -0.05) is 6.42 Å². The minimum atomic E-state index is -1.11. The van der Waals surface area contributed by atoms with Crippen molar-refractivity contribution in [1.82, 2.24) is 4.72 Å². The Morgan fingerprint density at radius 3 is 1.95 bits per heavy atom. The highest BCUT2D eigenvalue weighted by atomic mass is 32.2. The number of hydrogen-bond donors (Lipinski definition) is 1. The molecule has 0 aromatic carbocycles. The summed E-state index contributed by atoms with van der Waals surface area (Å²) < 4.78 is 27.9. The highest BCUT2D eigenvalue weighted by Gasteiger charge is 2.57. The van der Waals surface area contributed by atoms with Gasteiger partial charge in [-0.3, -0.25) is 0 Å². The van der Waals surface area contributed by atoms with E-state index < -0.39 is 11.4 Å². The van der Waals surface area contributed by atoms with Gasteiger partial charge in [-0.25, -0.2) is 0 Å². The van der Waals surface area contributed by atoms with Crippen LogP contribution in [-0.2, 0) is 20.7 Å². The van der Waals surface area contributed by atoms with Crippen LogP contribution in [0, 0.1) is 5.92 Å². The summed E-state index contributed by atoms with van der Waals surface area (Å²) in [5.41, 5.74) is -0.685. The first-order chi connectivity index (χ1) is 9.44. The Morgan fingerprint density at radius 2 is 1.62 bits per heavy atom. The van der Waals surface area contributed by atoms with Crippen molar-refractivity contribution in [2.45, 2.75) is 89.6 Å². The molecular formula is C15H30BNO3S. The van der Waals surface area contributed by atoms with E-state index in [2.05, 4.69) is 32.4 Å². The van der Waals surface area contributed by atoms with E-state index >= 15 is 0 Å². The Labute approximate surface area is 133 Å². The monoisotopic (exact) mass is 315 g/mol. The van der Waals surface area contributed by atoms with Crippen molar-refractivity contribution in [3.05, 3.63) is 0 Å². The minimum absolute atomic E-state index is 0.000131. The Balaban J connectivity index is 2.11. The van der Waals surface area contributed by atoms with Gasteiger partial charge in [-0.05, 0) is 67.2 Å². The van der Waals surface area contributed by atoms with Crippen LogP contribution in [0.3, 0.4) is 0 Å². The van der Waals surface area contributed by atoms with Crippen LogP contribution in [0.1, 0.15) is 67.7 Å². The molecule has 2 atom stereocenters. The summed E-state index contributed by atoms with van der Waals surface area (Å²) in [4.78, 5) is 0. The average Bonchev–Trinajstić information content (AvgIpc) is 2.43. The predicted octanol–water partition coefficient (Wildman–Crippen LogP) is 2.84. The summed E-state index contributed by atoms with van der Waals surface area (Å²) in [5, 5.41) is 0. The normalized spacial score (nSPS) is 28.3. The maximum absolute atomic E-state index is 12.5. The van der Waals surface area contributed by atoms with Crippen LogP contribution in [0.5, 0.6) is 0 Å². The zero-order valence-electron chi connectivity index (χ0n) is 14.5. The third-order valence-corrected chi connectivity index (χ3v) is 6.62. The van der Waals surface area contributed by atoms with Gasteiger partial charge in [0.05, 0.1) is 17.1 Å². The highest BCUT2D eigenvalue weighted by molar-refractivity contribution is 7.90. The van der Waals surface area contributed by atoms with E-state index in [9.17, 15) is 4.55 Å². The molecule has 21 heavy (non-hydrogen) atoms. The Morgan fingerprint density at radius 1 is 1.14 bits per heavy atom. The van der Waals surface area contributed by atoms with Crippen molar-refractivity contribution in [3.8, 4) is 0 Å². The van der Waals surface area contributed by atoms with Crippen molar-refractivity contribution in [2.75, 3.05) is 0 Å². The topological polar surface area (TPSA) is 53.5 Å². The molecule has 1 aliphatic heterocycles. The van der Waals surface area contributed by atoms with Gasteiger partial charge in [-0.15, -0.1) is 4.72 Å². The molecule has 0 radical (unpaired) electrons. The van der Waals surface area contributed by atoms with E-state index in [0.29, 0.717) is 5.92 Å². The summed E-state index contributed by atoms with van der Waals surface area (Å²) in [7, 11) is -0.327. The second kappa shape index (κ2) is 5.71. The van der Waals surface area contributed by atoms with Gasteiger partial charge >= 0.3 is 7.12 Å². The second-order valence-electron chi connectivity index (χ2n) is 8.34. The lowest BCUT2D eigenvalue weighted by molar-refractivity contribution is 0.00578. The second-order valence-corrected chi connectivity index (χ2v) is 10.3. The molecule has 2 aliphatic rings. The van der Waals surface area contributed by atoms with Gasteiger partial charge in [-0.2, -0.15) is 0 Å². The predicted molar refractivity (Wildman–Crippen MR) is 88.2 cm³/mol. The summed E-state index contributed by atoms with van der Waals surface area (Å²) in [6, 6.07) is 0. The van der Waals surface area contributed by atoms with E-state index in [1.807, 2.05) is 20.8 Å². The van der Waals surface area contributed by atoms with Crippen molar-refractivity contribution in [2.24, 2.45) is 5.92 Å². The third-order valence-electron chi connectivity index (χ3n) is 5.02. The molecule has 0 amide bonds. The number of hydrogen-bond acceptors (Lipinski definition) is 4. The van der Waals surface area contributed by atoms with Crippen LogP contribution < -0.4 is 4.72 Å². The van der Waals surface area contributed by atoms with Gasteiger partial charge in [0.2, 0.25) is 0 Å². The molecule has 1 N–H and O–H groups in total. The molecule has 0 spiro atoms.